The van der Waals surface area contributed by atoms with Gasteiger partial charge in [-0.15, -0.1) is 0 Å². The molecule has 0 spiro atoms. The Hall–Kier alpha value is -3.15. The average Bonchev–Trinajstić information content (AvgIpc) is 3.15. The summed E-state index contributed by atoms with van der Waals surface area (Å²) in [5, 5.41) is 11.8. The van der Waals surface area contributed by atoms with Crippen molar-refractivity contribution in [3.63, 3.8) is 0 Å². The highest BCUT2D eigenvalue weighted by atomic mass is 32.2. The number of hydrogen-bond acceptors (Lipinski definition) is 6. The summed E-state index contributed by atoms with van der Waals surface area (Å²) in [5.74, 6) is -1.62. The molecule has 33 heavy (non-hydrogen) atoms. The van der Waals surface area contributed by atoms with Gasteiger partial charge in [0.25, 0.3) is 5.91 Å². The molecular weight excluding hydrogens is 453 g/mol. The van der Waals surface area contributed by atoms with Crippen LogP contribution in [0.5, 0.6) is 0 Å². The summed E-state index contributed by atoms with van der Waals surface area (Å²) in [5.41, 5.74) is 2.03. The number of furan rings is 1. The minimum Gasteiger partial charge on any atom is -0.760 e. The number of nitrogens with zero attached hydrogens (tertiary/aromatic N) is 2. The first-order valence-corrected chi connectivity index (χ1v) is 11.3. The van der Waals surface area contributed by atoms with Gasteiger partial charge in [0, 0.05) is 36.8 Å². The molecule has 0 saturated heterocycles. The van der Waals surface area contributed by atoms with Gasteiger partial charge in [0.15, 0.2) is 0 Å². The van der Waals surface area contributed by atoms with E-state index in [0.717, 1.165) is 4.31 Å². The number of carbonyl (C=O) groups excluding carboxylic acids is 1. The van der Waals surface area contributed by atoms with Gasteiger partial charge in [-0.1, -0.05) is 6.92 Å². The monoisotopic (exact) mass is 476 g/mol. The van der Waals surface area contributed by atoms with E-state index >= 15 is 0 Å². The molecule has 176 valence electrons. The van der Waals surface area contributed by atoms with Gasteiger partial charge >= 0.3 is 5.97 Å². The zero-order valence-electron chi connectivity index (χ0n) is 18.1. The van der Waals surface area contributed by atoms with Crippen molar-refractivity contribution in [2.24, 2.45) is 0 Å². The Balaban J connectivity index is 2.07. The van der Waals surface area contributed by atoms with E-state index < -0.39 is 29.0 Å². The Kier molecular flexibility index (Phi) is 7.90. The number of carboxylic acids is 1. The number of amides is 1. The fraction of sp³-hybridized carbons (Fsp3) is 0.318. The summed E-state index contributed by atoms with van der Waals surface area (Å²) in [6, 6.07) is 7.23. The van der Waals surface area contributed by atoms with Crippen LogP contribution in [0.3, 0.4) is 0 Å². The number of aryl methyl sites for hydroxylation is 1. The topological polar surface area (TPSA) is 136 Å². The first-order valence-electron chi connectivity index (χ1n) is 10.2. The number of carboxylic acid groups (broad SMARTS) is 1. The molecule has 0 saturated carbocycles. The molecule has 3 aromatic rings. The third-order valence-corrected chi connectivity index (χ3v) is 5.86. The Morgan fingerprint density at radius 1 is 1.30 bits per heavy atom. The third-order valence-electron chi connectivity index (χ3n) is 5.13. The molecule has 0 radical (unpaired) electrons. The summed E-state index contributed by atoms with van der Waals surface area (Å²) >= 11 is -2.58. The van der Waals surface area contributed by atoms with Gasteiger partial charge in [-0.25, -0.2) is 13.7 Å². The van der Waals surface area contributed by atoms with Gasteiger partial charge in [-0.2, -0.15) is 0 Å². The Labute approximate surface area is 192 Å². The first kappa shape index (κ1) is 24.5. The van der Waals surface area contributed by atoms with Crippen molar-refractivity contribution < 1.29 is 32.3 Å². The van der Waals surface area contributed by atoms with Gasteiger partial charge in [0.2, 0.25) is 5.71 Å². The lowest BCUT2D eigenvalue weighted by Crippen LogP contribution is -2.28. The summed E-state index contributed by atoms with van der Waals surface area (Å²) < 4.78 is 43.8. The molecule has 9 nitrogen and oxygen atoms in total. The predicted molar refractivity (Wildman–Crippen MR) is 118 cm³/mol. The van der Waals surface area contributed by atoms with Crippen LogP contribution in [-0.2, 0) is 29.0 Å². The second-order valence-electron chi connectivity index (χ2n) is 7.27. The molecule has 11 heteroatoms. The molecule has 2 aromatic heterocycles. The standard InChI is InChI=1S/C22H24FN3O6S/c1-3-13-11-16-19(21(29)24-2)20(14-6-8-15(23)9-7-14)32-22(16)25-17(13)12-26(33(30)31)10-4-5-18(27)28/h6-9,11H,3-5,10,12H2,1-2H3,(H,24,29)(H,27,28)(H,30,31)/p-1. The highest BCUT2D eigenvalue weighted by Gasteiger charge is 2.24. The maximum atomic E-state index is 13.4. The van der Waals surface area contributed by atoms with Crippen LogP contribution in [0, 0.1) is 5.82 Å². The highest BCUT2D eigenvalue weighted by molar-refractivity contribution is 7.76. The van der Waals surface area contributed by atoms with Crippen molar-refractivity contribution in [3.05, 3.63) is 53.0 Å². The van der Waals surface area contributed by atoms with Crippen molar-refractivity contribution >= 4 is 34.2 Å². The van der Waals surface area contributed by atoms with Gasteiger partial charge in [0.1, 0.15) is 11.6 Å². The van der Waals surface area contributed by atoms with Crippen LogP contribution in [-0.4, -0.2) is 48.6 Å². The number of fused-ring (bicyclic) bond motifs is 1. The first-order chi connectivity index (χ1) is 15.7. The van der Waals surface area contributed by atoms with E-state index in [1.807, 2.05) is 6.92 Å². The number of carbonyl (C=O) groups is 2. The number of hydrogen-bond donors (Lipinski definition) is 2. The zero-order chi connectivity index (χ0) is 24.1. The second kappa shape index (κ2) is 10.6. The van der Waals surface area contributed by atoms with Crippen LogP contribution in [0.4, 0.5) is 4.39 Å². The van der Waals surface area contributed by atoms with Crippen LogP contribution in [0.15, 0.2) is 34.7 Å². The minimum atomic E-state index is -2.58. The number of nitrogens with one attached hydrogen (secondary N) is 1. The molecule has 1 aromatic carbocycles. The van der Waals surface area contributed by atoms with Gasteiger partial charge in [-0.3, -0.25) is 13.8 Å². The van der Waals surface area contributed by atoms with Crippen LogP contribution in [0.1, 0.15) is 41.4 Å². The Bertz CT molecular complexity index is 1200. The average molecular weight is 477 g/mol. The number of aliphatic carboxylic acids is 1. The summed E-state index contributed by atoms with van der Waals surface area (Å²) in [4.78, 5) is 27.9. The largest absolute Gasteiger partial charge is 0.760 e. The number of benzene rings is 1. The van der Waals surface area contributed by atoms with Gasteiger partial charge < -0.3 is 19.4 Å². The van der Waals surface area contributed by atoms with E-state index in [1.165, 1.54) is 31.3 Å². The highest BCUT2D eigenvalue weighted by Crippen LogP contribution is 2.34. The maximum absolute atomic E-state index is 13.4. The molecule has 1 atom stereocenters. The van der Waals surface area contributed by atoms with Gasteiger partial charge in [-0.05, 0) is 48.7 Å². The number of halogens is 1. The lowest BCUT2D eigenvalue weighted by Gasteiger charge is -2.24. The lowest BCUT2D eigenvalue weighted by molar-refractivity contribution is -0.137. The van der Waals surface area contributed by atoms with Crippen LogP contribution < -0.4 is 5.32 Å². The third kappa shape index (κ3) is 5.62. The van der Waals surface area contributed by atoms with Crippen LogP contribution in [0.25, 0.3) is 22.4 Å². The van der Waals surface area contributed by atoms with Crippen molar-refractivity contribution in [3.8, 4) is 11.3 Å². The molecule has 0 aliphatic heterocycles. The maximum Gasteiger partial charge on any atom is 0.303 e. The fourth-order valence-corrected chi connectivity index (χ4v) is 3.98. The summed E-state index contributed by atoms with van der Waals surface area (Å²) in [6.07, 6.45) is 0.510. The van der Waals surface area contributed by atoms with Crippen molar-refractivity contribution in [1.29, 1.82) is 0 Å². The SMILES string of the molecule is CCc1cc2c(C(=O)NC)c(-c3ccc(F)cc3)oc2nc1CN(CCCC(=O)O)S(=O)[O-]. The molecule has 1 amide bonds. The van der Waals surface area contributed by atoms with Gasteiger partial charge in [0.05, 0.1) is 23.2 Å². The number of pyridine rings is 1. The molecule has 3 rings (SSSR count). The van der Waals surface area contributed by atoms with E-state index in [2.05, 4.69) is 10.3 Å². The predicted octanol–water partition coefficient (Wildman–Crippen LogP) is 3.02. The van der Waals surface area contributed by atoms with E-state index in [-0.39, 0.29) is 43.0 Å². The zero-order valence-corrected chi connectivity index (χ0v) is 18.9. The quantitative estimate of drug-likeness (QED) is 0.429. The molecular formula is C22H23FN3O6S-. The molecule has 0 fully saturated rings. The number of aromatic nitrogens is 1. The molecule has 0 bridgehead atoms. The summed E-state index contributed by atoms with van der Waals surface area (Å²) in [6.45, 7) is 1.82. The van der Waals surface area contributed by atoms with Crippen molar-refractivity contribution in [2.75, 3.05) is 13.6 Å². The summed E-state index contributed by atoms with van der Waals surface area (Å²) in [7, 11) is 1.48. The van der Waals surface area contributed by atoms with E-state index in [9.17, 15) is 22.7 Å². The van der Waals surface area contributed by atoms with Crippen LogP contribution in [0.2, 0.25) is 0 Å². The van der Waals surface area contributed by atoms with Crippen molar-refractivity contribution in [1.82, 2.24) is 14.6 Å². The number of rotatable bonds is 10. The minimum absolute atomic E-state index is 0.0216. The molecule has 2 N–H and O–H groups in total. The fourth-order valence-electron chi connectivity index (χ4n) is 3.48. The Morgan fingerprint density at radius 3 is 2.58 bits per heavy atom. The van der Waals surface area contributed by atoms with E-state index in [0.29, 0.717) is 28.6 Å². The van der Waals surface area contributed by atoms with E-state index in [1.54, 1.807) is 6.07 Å². The smallest absolute Gasteiger partial charge is 0.303 e. The van der Waals surface area contributed by atoms with Crippen LogP contribution >= 0.6 is 0 Å². The molecule has 1 unspecified atom stereocenters. The van der Waals surface area contributed by atoms with E-state index in [4.69, 9.17) is 9.52 Å². The second-order valence-corrected chi connectivity index (χ2v) is 8.22. The van der Waals surface area contributed by atoms with Crippen molar-refractivity contribution in [2.45, 2.75) is 32.7 Å². The normalized spacial score (nSPS) is 12.3. The molecule has 2 heterocycles. The lowest BCUT2D eigenvalue weighted by atomic mass is 10.0. The molecule has 0 aliphatic carbocycles. The molecule has 0 aliphatic rings. The Morgan fingerprint density at radius 2 is 2.00 bits per heavy atom.